The second-order valence-corrected chi connectivity index (χ2v) is 5.92. The SMILES string of the molecule is CCOC(=O)c1coc(N2CCN(c3ccc(OC)cc3)C[C@@H]2C)n1. The van der Waals surface area contributed by atoms with E-state index in [4.69, 9.17) is 13.9 Å². The van der Waals surface area contributed by atoms with Crippen molar-refractivity contribution in [3.8, 4) is 5.75 Å². The second-order valence-electron chi connectivity index (χ2n) is 5.92. The summed E-state index contributed by atoms with van der Waals surface area (Å²) in [6.07, 6.45) is 1.36. The van der Waals surface area contributed by atoms with E-state index >= 15 is 0 Å². The first-order valence-corrected chi connectivity index (χ1v) is 8.40. The summed E-state index contributed by atoms with van der Waals surface area (Å²) < 4.78 is 15.6. The van der Waals surface area contributed by atoms with Crippen LogP contribution in [0.15, 0.2) is 34.9 Å². The third kappa shape index (κ3) is 3.70. The number of nitrogens with zero attached hydrogens (tertiary/aromatic N) is 3. The molecule has 0 spiro atoms. The lowest BCUT2D eigenvalue weighted by molar-refractivity contribution is 0.0519. The maximum Gasteiger partial charge on any atom is 0.360 e. The highest BCUT2D eigenvalue weighted by Crippen LogP contribution is 2.25. The van der Waals surface area contributed by atoms with Crippen molar-refractivity contribution in [2.75, 3.05) is 43.2 Å². The van der Waals surface area contributed by atoms with E-state index in [-0.39, 0.29) is 11.7 Å². The van der Waals surface area contributed by atoms with Gasteiger partial charge in [0.1, 0.15) is 12.0 Å². The minimum Gasteiger partial charge on any atom is -0.497 e. The maximum atomic E-state index is 11.7. The van der Waals surface area contributed by atoms with Crippen LogP contribution in [0.4, 0.5) is 11.7 Å². The van der Waals surface area contributed by atoms with Gasteiger partial charge in [-0.25, -0.2) is 4.79 Å². The molecule has 7 nitrogen and oxygen atoms in total. The van der Waals surface area contributed by atoms with Crippen LogP contribution in [-0.2, 0) is 4.74 Å². The number of aromatic nitrogens is 1. The molecular formula is C18H23N3O4. The topological polar surface area (TPSA) is 68.0 Å². The number of benzene rings is 1. The van der Waals surface area contributed by atoms with Gasteiger partial charge in [-0.3, -0.25) is 0 Å². The lowest BCUT2D eigenvalue weighted by Crippen LogP contribution is -2.52. The van der Waals surface area contributed by atoms with E-state index < -0.39 is 5.97 Å². The highest BCUT2D eigenvalue weighted by molar-refractivity contribution is 5.87. The van der Waals surface area contributed by atoms with Crippen LogP contribution in [0.3, 0.4) is 0 Å². The Hall–Kier alpha value is -2.70. The fourth-order valence-corrected chi connectivity index (χ4v) is 2.96. The minimum absolute atomic E-state index is 0.199. The van der Waals surface area contributed by atoms with Crippen molar-refractivity contribution in [2.24, 2.45) is 0 Å². The second kappa shape index (κ2) is 7.46. The van der Waals surface area contributed by atoms with E-state index in [1.54, 1.807) is 14.0 Å². The number of rotatable bonds is 5. The molecule has 1 aromatic carbocycles. The van der Waals surface area contributed by atoms with Crippen molar-refractivity contribution in [1.29, 1.82) is 0 Å². The third-order valence-electron chi connectivity index (χ3n) is 4.29. The van der Waals surface area contributed by atoms with Crippen molar-refractivity contribution in [3.63, 3.8) is 0 Å². The lowest BCUT2D eigenvalue weighted by Gasteiger charge is -2.40. The van der Waals surface area contributed by atoms with Crippen LogP contribution >= 0.6 is 0 Å². The minimum atomic E-state index is -0.456. The summed E-state index contributed by atoms with van der Waals surface area (Å²) in [5, 5.41) is 0. The Morgan fingerprint density at radius 2 is 2.08 bits per heavy atom. The number of piperazine rings is 1. The average molecular weight is 345 g/mol. The lowest BCUT2D eigenvalue weighted by atomic mass is 10.1. The van der Waals surface area contributed by atoms with Crippen LogP contribution in [0.1, 0.15) is 24.3 Å². The maximum absolute atomic E-state index is 11.7. The number of esters is 1. The van der Waals surface area contributed by atoms with Crippen LogP contribution in [0, 0.1) is 0 Å². The van der Waals surface area contributed by atoms with Gasteiger partial charge in [0.05, 0.1) is 13.7 Å². The molecule has 1 atom stereocenters. The summed E-state index contributed by atoms with van der Waals surface area (Å²) in [5.41, 5.74) is 1.37. The summed E-state index contributed by atoms with van der Waals surface area (Å²) in [6, 6.07) is 8.71. The molecule has 0 bridgehead atoms. The molecule has 2 heterocycles. The van der Waals surface area contributed by atoms with Gasteiger partial charge in [0.15, 0.2) is 5.69 Å². The normalized spacial score (nSPS) is 17.5. The number of oxazole rings is 1. The van der Waals surface area contributed by atoms with Crippen LogP contribution in [0.2, 0.25) is 0 Å². The van der Waals surface area contributed by atoms with Gasteiger partial charge < -0.3 is 23.7 Å². The van der Waals surface area contributed by atoms with Gasteiger partial charge in [0.25, 0.3) is 6.01 Å². The van der Waals surface area contributed by atoms with Crippen molar-refractivity contribution < 1.29 is 18.7 Å². The van der Waals surface area contributed by atoms with Gasteiger partial charge in [-0.2, -0.15) is 4.98 Å². The monoisotopic (exact) mass is 345 g/mol. The summed E-state index contributed by atoms with van der Waals surface area (Å²) in [6.45, 7) is 6.63. The van der Waals surface area contributed by atoms with E-state index in [2.05, 4.69) is 33.8 Å². The Bertz CT molecular complexity index is 713. The molecule has 134 valence electrons. The molecule has 1 aliphatic heterocycles. The quantitative estimate of drug-likeness (QED) is 0.772. The van der Waals surface area contributed by atoms with Gasteiger partial charge in [0, 0.05) is 31.4 Å². The van der Waals surface area contributed by atoms with E-state index in [0.717, 1.165) is 31.1 Å². The molecule has 25 heavy (non-hydrogen) atoms. The standard InChI is InChI=1S/C18H23N3O4/c1-4-24-17(22)16-12-25-18(19-16)21-10-9-20(11-13(21)2)14-5-7-15(23-3)8-6-14/h5-8,12-13H,4,9-11H2,1-3H3/t13-/m0/s1. The predicted molar refractivity (Wildman–Crippen MR) is 94.5 cm³/mol. The van der Waals surface area contributed by atoms with Crippen LogP contribution in [0.5, 0.6) is 5.75 Å². The number of anilines is 2. The van der Waals surface area contributed by atoms with Crippen LogP contribution in [0.25, 0.3) is 0 Å². The third-order valence-corrected chi connectivity index (χ3v) is 4.29. The summed E-state index contributed by atoms with van der Waals surface area (Å²) in [5.74, 6) is 0.392. The van der Waals surface area contributed by atoms with E-state index in [9.17, 15) is 4.79 Å². The zero-order valence-corrected chi connectivity index (χ0v) is 14.8. The molecule has 0 radical (unpaired) electrons. The number of ether oxygens (including phenoxy) is 2. The fourth-order valence-electron chi connectivity index (χ4n) is 2.96. The molecule has 1 fully saturated rings. The molecule has 0 aliphatic carbocycles. The summed E-state index contributed by atoms with van der Waals surface area (Å²) in [4.78, 5) is 20.4. The van der Waals surface area contributed by atoms with Gasteiger partial charge in [-0.05, 0) is 38.1 Å². The predicted octanol–water partition coefficient (Wildman–Crippen LogP) is 2.58. The Kier molecular flexibility index (Phi) is 5.11. The van der Waals surface area contributed by atoms with Crippen molar-refractivity contribution >= 4 is 17.7 Å². The zero-order chi connectivity index (χ0) is 17.8. The number of methoxy groups -OCH3 is 1. The summed E-state index contributed by atoms with van der Waals surface area (Å²) >= 11 is 0. The zero-order valence-electron chi connectivity index (χ0n) is 14.8. The average Bonchev–Trinajstić information content (AvgIpc) is 3.12. The molecule has 1 saturated heterocycles. The summed E-state index contributed by atoms with van der Waals surface area (Å²) in [7, 11) is 1.66. The Labute approximate surface area is 147 Å². The molecule has 0 N–H and O–H groups in total. The Morgan fingerprint density at radius 3 is 2.72 bits per heavy atom. The van der Waals surface area contributed by atoms with E-state index in [0.29, 0.717) is 12.6 Å². The molecule has 7 heteroatoms. The van der Waals surface area contributed by atoms with Crippen molar-refractivity contribution in [2.45, 2.75) is 19.9 Å². The molecule has 3 rings (SSSR count). The Morgan fingerprint density at radius 1 is 1.32 bits per heavy atom. The van der Waals surface area contributed by atoms with Gasteiger partial charge >= 0.3 is 5.97 Å². The Balaban J connectivity index is 1.66. The molecule has 2 aromatic rings. The van der Waals surface area contributed by atoms with Gasteiger partial charge in [-0.1, -0.05) is 0 Å². The molecule has 0 saturated carbocycles. The van der Waals surface area contributed by atoms with Crippen molar-refractivity contribution in [1.82, 2.24) is 4.98 Å². The van der Waals surface area contributed by atoms with E-state index in [1.807, 2.05) is 12.1 Å². The first kappa shape index (κ1) is 17.1. The van der Waals surface area contributed by atoms with Gasteiger partial charge in [-0.15, -0.1) is 0 Å². The fraction of sp³-hybridized carbons (Fsp3) is 0.444. The molecular weight excluding hydrogens is 322 g/mol. The smallest absolute Gasteiger partial charge is 0.360 e. The molecule has 0 amide bonds. The number of hydrogen-bond acceptors (Lipinski definition) is 7. The van der Waals surface area contributed by atoms with E-state index in [1.165, 1.54) is 6.26 Å². The molecule has 1 aromatic heterocycles. The first-order valence-electron chi connectivity index (χ1n) is 8.40. The number of hydrogen-bond donors (Lipinski definition) is 0. The highest BCUT2D eigenvalue weighted by atomic mass is 16.5. The van der Waals surface area contributed by atoms with Crippen LogP contribution in [-0.4, -0.2) is 50.3 Å². The number of carbonyl (C=O) groups excluding carboxylic acids is 1. The van der Waals surface area contributed by atoms with Crippen LogP contribution < -0.4 is 14.5 Å². The number of carbonyl (C=O) groups is 1. The molecule has 1 aliphatic rings. The highest BCUT2D eigenvalue weighted by Gasteiger charge is 2.28. The molecule has 0 unspecified atom stereocenters. The van der Waals surface area contributed by atoms with Gasteiger partial charge in [0.2, 0.25) is 0 Å². The largest absolute Gasteiger partial charge is 0.497 e. The van der Waals surface area contributed by atoms with Crippen molar-refractivity contribution in [3.05, 3.63) is 36.2 Å². The first-order chi connectivity index (χ1) is 12.1.